The highest BCUT2D eigenvalue weighted by Crippen LogP contribution is 2.40. The molecule has 7 nitrogen and oxygen atoms in total. The van der Waals surface area contributed by atoms with Crippen molar-refractivity contribution in [1.82, 2.24) is 15.1 Å². The number of ketones is 1. The van der Waals surface area contributed by atoms with Crippen LogP contribution in [0.2, 0.25) is 0 Å². The van der Waals surface area contributed by atoms with Crippen LogP contribution in [0.4, 0.5) is 0 Å². The van der Waals surface area contributed by atoms with Gasteiger partial charge in [-0.15, -0.1) is 0 Å². The summed E-state index contributed by atoms with van der Waals surface area (Å²) in [5.74, 6) is -0.484. The van der Waals surface area contributed by atoms with Crippen LogP contribution in [0.5, 0.6) is 0 Å². The summed E-state index contributed by atoms with van der Waals surface area (Å²) in [6.07, 6.45) is 4.62. The number of nitrogens with zero attached hydrogens (tertiary/aromatic N) is 2. The van der Waals surface area contributed by atoms with E-state index in [9.17, 15) is 9.59 Å². The maximum absolute atomic E-state index is 12.9. The van der Waals surface area contributed by atoms with Gasteiger partial charge in [-0.1, -0.05) is 30.3 Å². The number of hydrogen-bond donors (Lipinski definition) is 1. The van der Waals surface area contributed by atoms with Crippen LogP contribution >= 0.6 is 0 Å². The van der Waals surface area contributed by atoms with E-state index in [1.165, 1.54) is 0 Å². The molecule has 0 radical (unpaired) electrons. The van der Waals surface area contributed by atoms with Crippen LogP contribution < -0.4 is 0 Å². The summed E-state index contributed by atoms with van der Waals surface area (Å²) in [7, 11) is 0. The Bertz CT molecular complexity index is 1300. The molecule has 0 aliphatic heterocycles. The predicted molar refractivity (Wildman–Crippen MR) is 111 cm³/mol. The highest BCUT2D eigenvalue weighted by Gasteiger charge is 2.29. The van der Waals surface area contributed by atoms with Gasteiger partial charge in [-0.2, -0.15) is 0 Å². The molecule has 3 aromatic heterocycles. The van der Waals surface area contributed by atoms with E-state index in [2.05, 4.69) is 22.0 Å². The lowest BCUT2D eigenvalue weighted by molar-refractivity contribution is 0.0477. The Morgan fingerprint density at radius 2 is 2.10 bits per heavy atom. The van der Waals surface area contributed by atoms with E-state index in [0.717, 1.165) is 41.4 Å². The van der Waals surface area contributed by atoms with Crippen molar-refractivity contribution in [1.29, 1.82) is 0 Å². The van der Waals surface area contributed by atoms with Crippen LogP contribution in [-0.2, 0) is 11.2 Å². The van der Waals surface area contributed by atoms with Crippen LogP contribution in [0.1, 0.15) is 63.4 Å². The smallest absolute Gasteiger partial charge is 0.339 e. The lowest BCUT2D eigenvalue weighted by atomic mass is 10.1. The number of carbonyl (C=O) groups excluding carboxylic acids is 2. The Balaban J connectivity index is 1.40. The third-order valence-corrected chi connectivity index (χ3v) is 5.67. The molecule has 0 atom stereocenters. The molecule has 3 heterocycles. The lowest BCUT2D eigenvalue weighted by Gasteiger charge is -2.07. The molecule has 0 saturated heterocycles. The number of esters is 1. The predicted octanol–water partition coefficient (Wildman–Crippen LogP) is 4.49. The van der Waals surface area contributed by atoms with E-state index in [-0.39, 0.29) is 12.4 Å². The Labute approximate surface area is 172 Å². The number of para-hydroxylation sites is 1. The standard InChI is InChI=1S/C23H21N3O4/c1-3-13-5-4-6-15-17(10-24-21(13)15)19(27)11-29-23(28)16-9-18(14-7-8-14)25-22-20(16)12(2)26-30-22/h4-6,9-10,14,24H,3,7-8,11H2,1-2H3. The lowest BCUT2D eigenvalue weighted by Crippen LogP contribution is -2.15. The van der Waals surface area contributed by atoms with Crippen LogP contribution in [0.3, 0.4) is 0 Å². The molecular formula is C23H21N3O4. The summed E-state index contributed by atoms with van der Waals surface area (Å²) in [6.45, 7) is 3.48. The summed E-state index contributed by atoms with van der Waals surface area (Å²) < 4.78 is 10.7. The van der Waals surface area contributed by atoms with Crippen molar-refractivity contribution < 1.29 is 18.8 Å². The highest BCUT2D eigenvalue weighted by atomic mass is 16.5. The Kier molecular flexibility index (Phi) is 4.38. The molecule has 7 heteroatoms. The topological polar surface area (TPSA) is 98.1 Å². The minimum absolute atomic E-state index is 0.252. The van der Waals surface area contributed by atoms with Crippen LogP contribution in [0, 0.1) is 6.92 Å². The van der Waals surface area contributed by atoms with E-state index in [1.54, 1.807) is 19.2 Å². The first-order chi connectivity index (χ1) is 14.6. The molecule has 5 rings (SSSR count). The van der Waals surface area contributed by atoms with Crippen molar-refractivity contribution in [3.8, 4) is 0 Å². The number of benzene rings is 1. The Hall–Kier alpha value is -3.48. The number of nitrogens with one attached hydrogen (secondary N) is 1. The fourth-order valence-corrected chi connectivity index (χ4v) is 3.89. The monoisotopic (exact) mass is 403 g/mol. The summed E-state index contributed by atoms with van der Waals surface area (Å²) in [5, 5.41) is 5.31. The quantitative estimate of drug-likeness (QED) is 0.376. The molecule has 1 N–H and O–H groups in total. The number of hydrogen-bond acceptors (Lipinski definition) is 6. The van der Waals surface area contributed by atoms with Crippen molar-refractivity contribution >= 4 is 33.8 Å². The van der Waals surface area contributed by atoms with Crippen molar-refractivity contribution in [2.45, 2.75) is 39.0 Å². The largest absolute Gasteiger partial charge is 0.454 e. The molecule has 1 saturated carbocycles. The van der Waals surface area contributed by atoms with Crippen molar-refractivity contribution in [3.05, 3.63) is 58.5 Å². The summed E-state index contributed by atoms with van der Waals surface area (Å²) in [4.78, 5) is 33.3. The fraction of sp³-hybridized carbons (Fsp3) is 0.304. The van der Waals surface area contributed by atoms with Gasteiger partial charge >= 0.3 is 5.97 Å². The highest BCUT2D eigenvalue weighted by molar-refractivity contribution is 6.10. The number of carbonyl (C=O) groups is 2. The summed E-state index contributed by atoms with van der Waals surface area (Å²) in [5.41, 5.74) is 4.66. The van der Waals surface area contributed by atoms with Crippen molar-refractivity contribution in [2.24, 2.45) is 0 Å². The molecule has 1 aliphatic rings. The summed E-state index contributed by atoms with van der Waals surface area (Å²) in [6, 6.07) is 7.60. The maximum Gasteiger partial charge on any atom is 0.339 e. The van der Waals surface area contributed by atoms with Gasteiger partial charge in [-0.25, -0.2) is 9.78 Å². The molecule has 1 aromatic carbocycles. The number of ether oxygens (including phenoxy) is 1. The van der Waals surface area contributed by atoms with Gasteiger partial charge in [0.05, 0.1) is 16.6 Å². The second-order valence-corrected chi connectivity index (χ2v) is 7.71. The van der Waals surface area contributed by atoms with Crippen molar-refractivity contribution in [2.75, 3.05) is 6.61 Å². The zero-order valence-corrected chi connectivity index (χ0v) is 16.8. The van der Waals surface area contributed by atoms with Crippen LogP contribution in [0.25, 0.3) is 22.0 Å². The second-order valence-electron chi connectivity index (χ2n) is 7.71. The average Bonchev–Trinajstić information content (AvgIpc) is 3.42. The minimum Gasteiger partial charge on any atom is -0.454 e. The molecule has 0 spiro atoms. The van der Waals surface area contributed by atoms with Crippen LogP contribution in [0.15, 0.2) is 35.0 Å². The number of rotatable bonds is 6. The van der Waals surface area contributed by atoms with Gasteiger partial charge in [0, 0.05) is 34.3 Å². The SMILES string of the molecule is CCc1cccc2c(C(=O)COC(=O)c3cc(C4CC4)nc4onc(C)c34)c[nH]c12. The Morgan fingerprint density at radius 1 is 1.27 bits per heavy atom. The van der Waals surface area contributed by atoms with Gasteiger partial charge in [0.25, 0.3) is 5.71 Å². The number of aryl methyl sites for hydroxylation is 2. The number of aromatic nitrogens is 3. The first-order valence-electron chi connectivity index (χ1n) is 10.1. The Morgan fingerprint density at radius 3 is 2.87 bits per heavy atom. The molecule has 1 fully saturated rings. The van der Waals surface area contributed by atoms with Gasteiger partial charge in [0.1, 0.15) is 0 Å². The number of H-pyrrole nitrogens is 1. The average molecular weight is 403 g/mol. The zero-order chi connectivity index (χ0) is 20.8. The number of fused-ring (bicyclic) bond motifs is 2. The summed E-state index contributed by atoms with van der Waals surface area (Å²) >= 11 is 0. The van der Waals surface area contributed by atoms with Gasteiger partial charge < -0.3 is 14.2 Å². The molecule has 152 valence electrons. The van der Waals surface area contributed by atoms with E-state index in [0.29, 0.717) is 33.8 Å². The maximum atomic E-state index is 12.9. The van der Waals surface area contributed by atoms with E-state index >= 15 is 0 Å². The first kappa shape index (κ1) is 18.5. The molecule has 30 heavy (non-hydrogen) atoms. The minimum atomic E-state index is -0.571. The normalized spacial score (nSPS) is 13.8. The zero-order valence-electron chi connectivity index (χ0n) is 16.8. The molecule has 0 amide bonds. The number of pyridine rings is 1. The van der Waals surface area contributed by atoms with Crippen molar-refractivity contribution in [3.63, 3.8) is 0 Å². The molecule has 0 unspecified atom stereocenters. The molecule has 1 aliphatic carbocycles. The second kappa shape index (κ2) is 7.09. The molecule has 0 bridgehead atoms. The first-order valence-corrected chi connectivity index (χ1v) is 10.1. The third kappa shape index (κ3) is 3.07. The van der Waals surface area contributed by atoms with Gasteiger partial charge in [-0.05, 0) is 37.8 Å². The van der Waals surface area contributed by atoms with Gasteiger partial charge in [0.15, 0.2) is 6.61 Å². The van der Waals surface area contributed by atoms with E-state index < -0.39 is 5.97 Å². The number of Topliss-reactive ketones (excluding diaryl/α,β-unsaturated/α-hetero) is 1. The van der Waals surface area contributed by atoms with E-state index in [4.69, 9.17) is 9.26 Å². The van der Waals surface area contributed by atoms with Crippen LogP contribution in [-0.4, -0.2) is 33.5 Å². The van der Waals surface area contributed by atoms with E-state index in [1.807, 2.05) is 18.2 Å². The molecule has 4 aromatic rings. The van der Waals surface area contributed by atoms with Gasteiger partial charge in [0.2, 0.25) is 5.78 Å². The number of aromatic amines is 1. The van der Waals surface area contributed by atoms with Gasteiger partial charge in [-0.3, -0.25) is 4.79 Å². The fourth-order valence-electron chi connectivity index (χ4n) is 3.89. The molecular weight excluding hydrogens is 382 g/mol. The third-order valence-electron chi connectivity index (χ3n) is 5.67.